The number of hydroxylamine groups is 2. The van der Waals surface area contributed by atoms with Gasteiger partial charge in [-0.15, -0.1) is 0 Å². The maximum absolute atomic E-state index is 12.2. The normalized spacial score (nSPS) is 13.1. The van der Waals surface area contributed by atoms with E-state index in [0.717, 1.165) is 11.1 Å². The van der Waals surface area contributed by atoms with Crippen LogP contribution in [0.3, 0.4) is 0 Å². The largest absolute Gasteiger partial charge is 0.325 e. The summed E-state index contributed by atoms with van der Waals surface area (Å²) in [6.45, 7) is 0.795. The number of amides is 2. The van der Waals surface area contributed by atoms with E-state index >= 15 is 0 Å². The molecule has 0 fully saturated rings. The van der Waals surface area contributed by atoms with Gasteiger partial charge in [0, 0.05) is 19.2 Å². The quantitative estimate of drug-likeness (QED) is 0.796. The zero-order valence-electron chi connectivity index (χ0n) is 12.9. The van der Waals surface area contributed by atoms with Gasteiger partial charge in [0.1, 0.15) is 13.2 Å². The van der Waals surface area contributed by atoms with Crippen molar-refractivity contribution in [3.63, 3.8) is 0 Å². The molecular formula is C18H18N2O3. The van der Waals surface area contributed by atoms with Gasteiger partial charge in [-0.25, -0.2) is 5.06 Å². The van der Waals surface area contributed by atoms with Gasteiger partial charge in [-0.2, -0.15) is 0 Å². The highest BCUT2D eigenvalue weighted by Crippen LogP contribution is 2.22. The van der Waals surface area contributed by atoms with Crippen LogP contribution in [-0.2, 0) is 22.8 Å². The standard InChI is InChI=1S/C18H18N2O3/c1-19(23-13-14-7-3-2-4-8-14)17(21)12-20-11-15-9-5-6-10-16(15)18(20)22/h2-10H,11-13H2,1H3. The monoisotopic (exact) mass is 310 g/mol. The van der Waals surface area contributed by atoms with Gasteiger partial charge in [-0.3, -0.25) is 14.4 Å². The Bertz CT molecular complexity index is 715. The lowest BCUT2D eigenvalue weighted by atomic mass is 10.1. The van der Waals surface area contributed by atoms with E-state index in [1.807, 2.05) is 48.5 Å². The van der Waals surface area contributed by atoms with Crippen LogP contribution in [-0.4, -0.2) is 35.4 Å². The van der Waals surface area contributed by atoms with Crippen molar-refractivity contribution in [1.82, 2.24) is 9.96 Å². The van der Waals surface area contributed by atoms with Crippen molar-refractivity contribution in [1.29, 1.82) is 0 Å². The van der Waals surface area contributed by atoms with E-state index in [2.05, 4.69) is 0 Å². The van der Waals surface area contributed by atoms with Crippen LogP contribution in [0.5, 0.6) is 0 Å². The van der Waals surface area contributed by atoms with Crippen molar-refractivity contribution in [3.05, 3.63) is 71.3 Å². The number of benzene rings is 2. The summed E-state index contributed by atoms with van der Waals surface area (Å²) in [5, 5.41) is 1.20. The highest BCUT2D eigenvalue weighted by atomic mass is 16.7. The summed E-state index contributed by atoms with van der Waals surface area (Å²) < 4.78 is 0. The summed E-state index contributed by atoms with van der Waals surface area (Å²) >= 11 is 0. The van der Waals surface area contributed by atoms with Crippen molar-refractivity contribution in [2.45, 2.75) is 13.2 Å². The Labute approximate surface area is 135 Å². The van der Waals surface area contributed by atoms with Gasteiger partial charge in [0.05, 0.1) is 0 Å². The van der Waals surface area contributed by atoms with E-state index in [1.165, 1.54) is 9.96 Å². The van der Waals surface area contributed by atoms with E-state index in [0.29, 0.717) is 18.7 Å². The predicted octanol–water partition coefficient (Wildman–Crippen LogP) is 2.23. The van der Waals surface area contributed by atoms with Crippen molar-refractivity contribution < 1.29 is 14.4 Å². The van der Waals surface area contributed by atoms with Crippen LogP contribution >= 0.6 is 0 Å². The highest BCUT2D eigenvalue weighted by molar-refractivity contribution is 6.00. The first-order chi connectivity index (χ1) is 11.1. The lowest BCUT2D eigenvalue weighted by Gasteiger charge is -2.21. The van der Waals surface area contributed by atoms with E-state index in [9.17, 15) is 9.59 Å². The molecule has 0 aromatic heterocycles. The van der Waals surface area contributed by atoms with Gasteiger partial charge < -0.3 is 4.90 Å². The number of hydrogen-bond donors (Lipinski definition) is 0. The minimum absolute atomic E-state index is 0.0127. The van der Waals surface area contributed by atoms with Crippen LogP contribution in [0.2, 0.25) is 0 Å². The highest BCUT2D eigenvalue weighted by Gasteiger charge is 2.29. The average molecular weight is 310 g/mol. The van der Waals surface area contributed by atoms with E-state index in [-0.39, 0.29) is 18.4 Å². The topological polar surface area (TPSA) is 49.9 Å². The molecule has 0 atom stereocenters. The molecule has 2 aromatic carbocycles. The van der Waals surface area contributed by atoms with Gasteiger partial charge in [-0.05, 0) is 17.2 Å². The first kappa shape index (κ1) is 15.2. The van der Waals surface area contributed by atoms with Crippen LogP contribution in [0.1, 0.15) is 21.5 Å². The Balaban J connectivity index is 1.54. The Morgan fingerprint density at radius 3 is 2.57 bits per heavy atom. The van der Waals surface area contributed by atoms with Crippen molar-refractivity contribution in [2.75, 3.05) is 13.6 Å². The molecule has 118 valence electrons. The molecule has 1 aliphatic rings. The molecule has 0 spiro atoms. The van der Waals surface area contributed by atoms with Gasteiger partial charge in [0.2, 0.25) is 0 Å². The SMILES string of the molecule is CN(OCc1ccccc1)C(=O)CN1Cc2ccccc2C1=O. The van der Waals surface area contributed by atoms with Crippen LogP contribution in [0, 0.1) is 0 Å². The fourth-order valence-corrected chi connectivity index (χ4v) is 2.52. The van der Waals surface area contributed by atoms with E-state index in [1.54, 1.807) is 13.1 Å². The molecule has 3 rings (SSSR count). The predicted molar refractivity (Wildman–Crippen MR) is 85.2 cm³/mol. The lowest BCUT2D eigenvalue weighted by molar-refractivity contribution is -0.183. The number of carbonyl (C=O) groups is 2. The lowest BCUT2D eigenvalue weighted by Crippen LogP contribution is -2.38. The van der Waals surface area contributed by atoms with Crippen molar-refractivity contribution in [3.8, 4) is 0 Å². The molecule has 2 aromatic rings. The number of nitrogens with zero attached hydrogens (tertiary/aromatic N) is 2. The number of carbonyl (C=O) groups excluding carboxylic acids is 2. The second-order valence-corrected chi connectivity index (χ2v) is 5.47. The molecule has 2 amide bonds. The molecule has 0 radical (unpaired) electrons. The second kappa shape index (κ2) is 6.62. The molecule has 0 N–H and O–H groups in total. The summed E-state index contributed by atoms with van der Waals surface area (Å²) in [4.78, 5) is 31.5. The van der Waals surface area contributed by atoms with Crippen LogP contribution in [0.25, 0.3) is 0 Å². The Hall–Kier alpha value is -2.66. The van der Waals surface area contributed by atoms with E-state index in [4.69, 9.17) is 4.84 Å². The number of hydrogen-bond acceptors (Lipinski definition) is 3. The minimum Gasteiger partial charge on any atom is -0.325 e. The molecule has 0 aliphatic carbocycles. The zero-order chi connectivity index (χ0) is 16.2. The Morgan fingerprint density at radius 2 is 1.83 bits per heavy atom. The Kier molecular flexibility index (Phi) is 4.39. The van der Waals surface area contributed by atoms with Gasteiger partial charge in [-0.1, -0.05) is 48.5 Å². The fourth-order valence-electron chi connectivity index (χ4n) is 2.52. The van der Waals surface area contributed by atoms with Crippen LogP contribution in [0.4, 0.5) is 0 Å². The second-order valence-electron chi connectivity index (χ2n) is 5.47. The zero-order valence-corrected chi connectivity index (χ0v) is 12.9. The average Bonchev–Trinajstić information content (AvgIpc) is 2.90. The smallest absolute Gasteiger partial charge is 0.265 e. The third-order valence-electron chi connectivity index (χ3n) is 3.84. The molecular weight excluding hydrogens is 292 g/mol. The number of fused-ring (bicyclic) bond motifs is 1. The van der Waals surface area contributed by atoms with Crippen molar-refractivity contribution >= 4 is 11.8 Å². The molecule has 0 bridgehead atoms. The molecule has 23 heavy (non-hydrogen) atoms. The molecule has 0 saturated carbocycles. The summed E-state index contributed by atoms with van der Waals surface area (Å²) in [7, 11) is 1.57. The molecule has 0 unspecified atom stereocenters. The van der Waals surface area contributed by atoms with Crippen LogP contribution in [0.15, 0.2) is 54.6 Å². The summed E-state index contributed by atoms with van der Waals surface area (Å²) in [6.07, 6.45) is 0. The van der Waals surface area contributed by atoms with Crippen molar-refractivity contribution in [2.24, 2.45) is 0 Å². The first-order valence-electron chi connectivity index (χ1n) is 7.46. The summed E-state index contributed by atoms with van der Waals surface area (Å²) in [5.41, 5.74) is 2.61. The fraction of sp³-hybridized carbons (Fsp3) is 0.222. The maximum Gasteiger partial charge on any atom is 0.265 e. The molecule has 1 aliphatic heterocycles. The van der Waals surface area contributed by atoms with Gasteiger partial charge in [0.15, 0.2) is 0 Å². The minimum atomic E-state index is -0.248. The van der Waals surface area contributed by atoms with Gasteiger partial charge >= 0.3 is 0 Å². The van der Waals surface area contributed by atoms with Crippen LogP contribution < -0.4 is 0 Å². The molecule has 5 nitrogen and oxygen atoms in total. The Morgan fingerprint density at radius 1 is 1.13 bits per heavy atom. The summed E-state index contributed by atoms with van der Waals surface area (Å²) in [6, 6.07) is 17.0. The van der Waals surface area contributed by atoms with E-state index < -0.39 is 0 Å². The third-order valence-corrected chi connectivity index (χ3v) is 3.84. The first-order valence-corrected chi connectivity index (χ1v) is 7.46. The number of rotatable bonds is 5. The molecule has 1 heterocycles. The van der Waals surface area contributed by atoms with Gasteiger partial charge in [0.25, 0.3) is 11.8 Å². The molecule has 0 saturated heterocycles. The third kappa shape index (κ3) is 3.40. The maximum atomic E-state index is 12.2. The number of likely N-dealkylation sites (N-methyl/N-ethyl adjacent to an activating group) is 1. The molecule has 5 heteroatoms. The summed E-state index contributed by atoms with van der Waals surface area (Å²) in [5.74, 6) is -0.354.